The second kappa shape index (κ2) is 7.15. The van der Waals surface area contributed by atoms with E-state index in [1.54, 1.807) is 11.3 Å². The van der Waals surface area contributed by atoms with Crippen LogP contribution in [0, 0.1) is 6.92 Å². The molecule has 1 aliphatic rings. The third-order valence-electron chi connectivity index (χ3n) is 4.00. The van der Waals surface area contributed by atoms with E-state index >= 15 is 0 Å². The Balaban J connectivity index is 1.77. The molecule has 122 valence electrons. The van der Waals surface area contributed by atoms with Crippen LogP contribution in [-0.2, 0) is 6.54 Å². The van der Waals surface area contributed by atoms with E-state index in [9.17, 15) is 4.79 Å². The largest absolute Gasteiger partial charge is 0.492 e. The molecule has 3 rings (SSSR count). The molecule has 1 fully saturated rings. The summed E-state index contributed by atoms with van der Waals surface area (Å²) < 4.78 is 5.53. The van der Waals surface area contributed by atoms with E-state index in [0.717, 1.165) is 12.8 Å². The first-order valence-electron chi connectivity index (χ1n) is 7.96. The lowest BCUT2D eigenvalue weighted by atomic mass is 10.1. The van der Waals surface area contributed by atoms with Gasteiger partial charge in [-0.05, 0) is 55.0 Å². The molecule has 1 heterocycles. The number of ether oxygens (including phenoxy) is 1. The molecule has 5 heteroatoms. The fraction of sp³-hybridized carbons (Fsp3) is 0.389. The van der Waals surface area contributed by atoms with Crippen molar-refractivity contribution in [1.29, 1.82) is 0 Å². The van der Waals surface area contributed by atoms with Gasteiger partial charge in [-0.1, -0.05) is 6.07 Å². The van der Waals surface area contributed by atoms with Crippen LogP contribution in [0.15, 0.2) is 35.7 Å². The van der Waals surface area contributed by atoms with E-state index in [0.29, 0.717) is 37.1 Å². The van der Waals surface area contributed by atoms with Gasteiger partial charge in [-0.25, -0.2) is 0 Å². The van der Waals surface area contributed by atoms with Crippen LogP contribution in [-0.4, -0.2) is 30.0 Å². The maximum Gasteiger partial charge on any atom is 0.254 e. The summed E-state index contributed by atoms with van der Waals surface area (Å²) in [6.45, 7) is 3.71. The van der Waals surface area contributed by atoms with E-state index in [1.807, 2.05) is 29.2 Å². The van der Waals surface area contributed by atoms with Crippen molar-refractivity contribution in [3.63, 3.8) is 0 Å². The quantitative estimate of drug-likeness (QED) is 0.848. The van der Waals surface area contributed by atoms with Crippen molar-refractivity contribution < 1.29 is 9.53 Å². The van der Waals surface area contributed by atoms with Crippen LogP contribution in [0.2, 0.25) is 0 Å². The van der Waals surface area contributed by atoms with Gasteiger partial charge in [-0.15, -0.1) is 11.3 Å². The Hall–Kier alpha value is -1.85. The van der Waals surface area contributed by atoms with Crippen molar-refractivity contribution in [2.24, 2.45) is 5.73 Å². The van der Waals surface area contributed by atoms with Crippen molar-refractivity contribution in [3.05, 3.63) is 51.7 Å². The smallest absolute Gasteiger partial charge is 0.254 e. The first-order chi connectivity index (χ1) is 11.2. The molecular weight excluding hydrogens is 308 g/mol. The molecule has 0 radical (unpaired) electrons. The Bertz CT molecular complexity index is 679. The molecule has 0 aliphatic heterocycles. The summed E-state index contributed by atoms with van der Waals surface area (Å²) in [6, 6.07) is 9.87. The van der Waals surface area contributed by atoms with Gasteiger partial charge in [0.25, 0.3) is 5.91 Å². The highest BCUT2D eigenvalue weighted by molar-refractivity contribution is 7.10. The summed E-state index contributed by atoms with van der Waals surface area (Å²) in [4.78, 5) is 16.2. The first kappa shape index (κ1) is 16.0. The van der Waals surface area contributed by atoms with Crippen LogP contribution < -0.4 is 10.5 Å². The Kier molecular flexibility index (Phi) is 4.98. The number of aryl methyl sites for hydroxylation is 1. The molecule has 2 N–H and O–H groups in total. The van der Waals surface area contributed by atoms with Crippen LogP contribution in [0.5, 0.6) is 5.75 Å². The minimum absolute atomic E-state index is 0.0819. The molecule has 1 saturated carbocycles. The van der Waals surface area contributed by atoms with Gasteiger partial charge in [0.05, 0.1) is 6.54 Å². The minimum Gasteiger partial charge on any atom is -0.492 e. The molecule has 0 spiro atoms. The van der Waals surface area contributed by atoms with Crippen LogP contribution in [0.3, 0.4) is 0 Å². The number of nitrogens with two attached hydrogens (primary N) is 1. The van der Waals surface area contributed by atoms with Gasteiger partial charge in [0, 0.05) is 23.0 Å². The summed E-state index contributed by atoms with van der Waals surface area (Å²) >= 11 is 1.72. The number of carbonyl (C=O) groups excluding carboxylic acids is 1. The third-order valence-corrected chi connectivity index (χ3v) is 5.01. The average Bonchev–Trinajstić information content (AvgIpc) is 3.33. The lowest BCUT2D eigenvalue weighted by Crippen LogP contribution is -2.32. The number of carbonyl (C=O) groups is 1. The first-order valence-corrected chi connectivity index (χ1v) is 8.84. The second-order valence-electron chi connectivity index (χ2n) is 5.86. The third kappa shape index (κ3) is 3.92. The number of hydrogen-bond donors (Lipinski definition) is 1. The van der Waals surface area contributed by atoms with Gasteiger partial charge < -0.3 is 15.4 Å². The van der Waals surface area contributed by atoms with E-state index in [1.165, 1.54) is 10.4 Å². The maximum absolute atomic E-state index is 12.9. The lowest BCUT2D eigenvalue weighted by Gasteiger charge is -2.22. The fourth-order valence-corrected chi connectivity index (χ4v) is 3.44. The summed E-state index contributed by atoms with van der Waals surface area (Å²) in [6.07, 6.45) is 2.19. The molecule has 4 nitrogen and oxygen atoms in total. The normalized spacial score (nSPS) is 13.8. The van der Waals surface area contributed by atoms with Gasteiger partial charge in [-0.2, -0.15) is 0 Å². The molecule has 0 bridgehead atoms. The monoisotopic (exact) mass is 330 g/mol. The number of thiophene rings is 1. The van der Waals surface area contributed by atoms with E-state index < -0.39 is 0 Å². The maximum atomic E-state index is 12.9. The molecule has 0 saturated heterocycles. The fourth-order valence-electron chi connectivity index (χ4n) is 2.54. The zero-order valence-corrected chi connectivity index (χ0v) is 14.1. The predicted octanol–water partition coefficient (Wildman–Crippen LogP) is 3.20. The Morgan fingerprint density at radius 1 is 1.39 bits per heavy atom. The van der Waals surface area contributed by atoms with Crippen LogP contribution in [0.1, 0.15) is 33.6 Å². The van der Waals surface area contributed by atoms with Crippen molar-refractivity contribution in [3.8, 4) is 5.75 Å². The Morgan fingerprint density at radius 3 is 2.87 bits per heavy atom. The number of rotatable bonds is 7. The van der Waals surface area contributed by atoms with Gasteiger partial charge in [0.1, 0.15) is 12.4 Å². The highest BCUT2D eigenvalue weighted by atomic mass is 32.1. The lowest BCUT2D eigenvalue weighted by molar-refractivity contribution is 0.0731. The number of hydrogen-bond acceptors (Lipinski definition) is 4. The van der Waals surface area contributed by atoms with Gasteiger partial charge in [-0.3, -0.25) is 4.79 Å². The molecule has 2 aromatic rings. The average molecular weight is 330 g/mol. The summed E-state index contributed by atoms with van der Waals surface area (Å²) in [5, 5.41) is 2.08. The van der Waals surface area contributed by atoms with Crippen molar-refractivity contribution >= 4 is 17.2 Å². The summed E-state index contributed by atoms with van der Waals surface area (Å²) in [7, 11) is 0. The van der Waals surface area contributed by atoms with E-state index in [-0.39, 0.29) is 5.91 Å². The van der Waals surface area contributed by atoms with Crippen molar-refractivity contribution in [2.75, 3.05) is 13.2 Å². The van der Waals surface area contributed by atoms with Crippen LogP contribution >= 0.6 is 11.3 Å². The molecule has 1 aromatic carbocycles. The van der Waals surface area contributed by atoms with Crippen LogP contribution in [0.25, 0.3) is 0 Å². The molecule has 1 aliphatic carbocycles. The van der Waals surface area contributed by atoms with Gasteiger partial charge >= 0.3 is 0 Å². The molecule has 0 atom stereocenters. The zero-order valence-electron chi connectivity index (χ0n) is 13.3. The molecular formula is C18H22N2O2S. The SMILES string of the molecule is Cc1ccsc1CN(C(=O)c1cccc(OCCN)c1)C1CC1. The number of benzene rings is 1. The second-order valence-corrected chi connectivity index (χ2v) is 6.86. The standard InChI is InChI=1S/C18H22N2O2S/c1-13-7-10-23-17(13)12-20(15-5-6-15)18(21)14-3-2-4-16(11-14)22-9-8-19/h2-4,7,10-11,15H,5-6,8-9,12,19H2,1H3. The predicted molar refractivity (Wildman–Crippen MR) is 92.9 cm³/mol. The summed E-state index contributed by atoms with van der Waals surface area (Å²) in [5.74, 6) is 0.780. The number of amides is 1. The molecule has 23 heavy (non-hydrogen) atoms. The Labute approximate surface area is 140 Å². The van der Waals surface area contributed by atoms with Crippen molar-refractivity contribution in [1.82, 2.24) is 4.90 Å². The van der Waals surface area contributed by atoms with E-state index in [4.69, 9.17) is 10.5 Å². The van der Waals surface area contributed by atoms with Gasteiger partial charge in [0.15, 0.2) is 0 Å². The molecule has 1 amide bonds. The molecule has 0 unspecified atom stereocenters. The van der Waals surface area contributed by atoms with Crippen molar-refractivity contribution in [2.45, 2.75) is 32.4 Å². The number of nitrogens with zero attached hydrogens (tertiary/aromatic N) is 1. The summed E-state index contributed by atoms with van der Waals surface area (Å²) in [5.41, 5.74) is 7.40. The Morgan fingerprint density at radius 2 is 2.22 bits per heavy atom. The molecule has 1 aromatic heterocycles. The van der Waals surface area contributed by atoms with Crippen LogP contribution in [0.4, 0.5) is 0 Å². The minimum atomic E-state index is 0.0819. The van der Waals surface area contributed by atoms with Gasteiger partial charge in [0.2, 0.25) is 0 Å². The van der Waals surface area contributed by atoms with E-state index in [2.05, 4.69) is 18.4 Å². The zero-order chi connectivity index (χ0) is 16.2. The highest BCUT2D eigenvalue weighted by Gasteiger charge is 2.33. The highest BCUT2D eigenvalue weighted by Crippen LogP contribution is 2.32. The topological polar surface area (TPSA) is 55.6 Å².